The zero-order chi connectivity index (χ0) is 13.4. The van der Waals surface area contributed by atoms with Gasteiger partial charge in [0, 0.05) is 6.61 Å². The summed E-state index contributed by atoms with van der Waals surface area (Å²) in [6, 6.07) is 0. The van der Waals surface area contributed by atoms with Crippen LogP contribution in [0.4, 0.5) is 0 Å². The Morgan fingerprint density at radius 1 is 1.11 bits per heavy atom. The largest absolute Gasteiger partial charge is 0.390 e. The van der Waals surface area contributed by atoms with Crippen molar-refractivity contribution in [3.63, 3.8) is 0 Å². The van der Waals surface area contributed by atoms with Crippen LogP contribution in [0.5, 0.6) is 0 Å². The number of aliphatic hydroxyl groups is 1. The van der Waals surface area contributed by atoms with Crippen molar-refractivity contribution >= 4 is 0 Å². The Balaban J connectivity index is 2.15. The first-order valence-corrected chi connectivity index (χ1v) is 7.94. The summed E-state index contributed by atoms with van der Waals surface area (Å²) in [6.07, 6.45) is 9.36. The standard InChI is InChI=1S/C16H32O2/c1-4-5-6-7-8-11-18-16-12-14(13(2)3)9-10-15(16)17/h13-17H,4-12H2,1-3H3. The molecule has 1 aliphatic carbocycles. The van der Waals surface area contributed by atoms with E-state index in [2.05, 4.69) is 20.8 Å². The second kappa shape index (κ2) is 8.92. The third-order valence-electron chi connectivity index (χ3n) is 4.32. The molecule has 0 amide bonds. The second-order valence-electron chi connectivity index (χ2n) is 6.21. The number of ether oxygens (including phenoxy) is 1. The van der Waals surface area contributed by atoms with Gasteiger partial charge in [0.2, 0.25) is 0 Å². The average Bonchev–Trinajstić information content (AvgIpc) is 2.35. The molecule has 1 aliphatic rings. The number of hydrogen-bond acceptors (Lipinski definition) is 2. The van der Waals surface area contributed by atoms with E-state index < -0.39 is 0 Å². The van der Waals surface area contributed by atoms with Crippen LogP contribution in [-0.2, 0) is 4.74 Å². The van der Waals surface area contributed by atoms with Gasteiger partial charge in [0.05, 0.1) is 12.2 Å². The minimum Gasteiger partial charge on any atom is -0.390 e. The summed E-state index contributed by atoms with van der Waals surface area (Å²) < 4.78 is 5.91. The maximum Gasteiger partial charge on any atom is 0.0836 e. The van der Waals surface area contributed by atoms with Gasteiger partial charge < -0.3 is 9.84 Å². The lowest BCUT2D eigenvalue weighted by molar-refractivity contribution is -0.0768. The summed E-state index contributed by atoms with van der Waals surface area (Å²) in [7, 11) is 0. The Morgan fingerprint density at radius 3 is 2.50 bits per heavy atom. The van der Waals surface area contributed by atoms with Crippen LogP contribution in [-0.4, -0.2) is 23.9 Å². The maximum absolute atomic E-state index is 9.98. The van der Waals surface area contributed by atoms with Crippen molar-refractivity contribution in [3.05, 3.63) is 0 Å². The van der Waals surface area contributed by atoms with Crippen LogP contribution in [0.3, 0.4) is 0 Å². The van der Waals surface area contributed by atoms with E-state index in [1.165, 1.54) is 25.7 Å². The van der Waals surface area contributed by atoms with Crippen molar-refractivity contribution in [1.82, 2.24) is 0 Å². The Morgan fingerprint density at radius 2 is 1.83 bits per heavy atom. The molecular weight excluding hydrogens is 224 g/mol. The Labute approximate surface area is 113 Å². The lowest BCUT2D eigenvalue weighted by Gasteiger charge is -2.35. The van der Waals surface area contributed by atoms with Gasteiger partial charge in [0.25, 0.3) is 0 Å². The van der Waals surface area contributed by atoms with E-state index in [1.807, 2.05) is 0 Å². The van der Waals surface area contributed by atoms with Gasteiger partial charge in [0.15, 0.2) is 0 Å². The molecule has 0 aromatic rings. The van der Waals surface area contributed by atoms with E-state index >= 15 is 0 Å². The molecule has 0 saturated heterocycles. The molecule has 1 saturated carbocycles. The first-order valence-electron chi connectivity index (χ1n) is 7.94. The highest BCUT2D eigenvalue weighted by Gasteiger charge is 2.30. The van der Waals surface area contributed by atoms with E-state index in [9.17, 15) is 5.11 Å². The lowest BCUT2D eigenvalue weighted by atomic mass is 9.79. The molecule has 0 bridgehead atoms. The first-order chi connectivity index (χ1) is 8.65. The third kappa shape index (κ3) is 5.71. The number of unbranched alkanes of at least 4 members (excludes halogenated alkanes) is 4. The SMILES string of the molecule is CCCCCCCOC1CC(C(C)C)CCC1O. The van der Waals surface area contributed by atoms with E-state index in [0.717, 1.165) is 38.2 Å². The van der Waals surface area contributed by atoms with E-state index in [-0.39, 0.29) is 12.2 Å². The highest BCUT2D eigenvalue weighted by molar-refractivity contribution is 4.81. The van der Waals surface area contributed by atoms with Crippen LogP contribution in [0.15, 0.2) is 0 Å². The van der Waals surface area contributed by atoms with Crippen LogP contribution >= 0.6 is 0 Å². The van der Waals surface area contributed by atoms with Crippen LogP contribution < -0.4 is 0 Å². The smallest absolute Gasteiger partial charge is 0.0836 e. The summed E-state index contributed by atoms with van der Waals surface area (Å²) in [5.74, 6) is 1.45. The van der Waals surface area contributed by atoms with Gasteiger partial charge in [0.1, 0.15) is 0 Å². The predicted octanol–water partition coefficient (Wildman–Crippen LogP) is 4.16. The zero-order valence-electron chi connectivity index (χ0n) is 12.5. The molecule has 3 unspecified atom stereocenters. The van der Waals surface area contributed by atoms with Crippen molar-refractivity contribution in [2.24, 2.45) is 11.8 Å². The van der Waals surface area contributed by atoms with Crippen molar-refractivity contribution in [1.29, 1.82) is 0 Å². The van der Waals surface area contributed by atoms with Gasteiger partial charge >= 0.3 is 0 Å². The van der Waals surface area contributed by atoms with Crippen LogP contribution in [0.2, 0.25) is 0 Å². The van der Waals surface area contributed by atoms with E-state index in [1.54, 1.807) is 0 Å². The summed E-state index contributed by atoms with van der Waals surface area (Å²) >= 11 is 0. The van der Waals surface area contributed by atoms with Gasteiger partial charge in [-0.25, -0.2) is 0 Å². The summed E-state index contributed by atoms with van der Waals surface area (Å²) in [5, 5.41) is 9.98. The molecule has 0 heterocycles. The molecular formula is C16H32O2. The van der Waals surface area contributed by atoms with Gasteiger partial charge in [-0.2, -0.15) is 0 Å². The molecule has 1 N–H and O–H groups in total. The van der Waals surface area contributed by atoms with Crippen LogP contribution in [0, 0.1) is 11.8 Å². The molecule has 3 atom stereocenters. The summed E-state index contributed by atoms with van der Waals surface area (Å²) in [4.78, 5) is 0. The zero-order valence-corrected chi connectivity index (χ0v) is 12.5. The van der Waals surface area contributed by atoms with Crippen LogP contribution in [0.25, 0.3) is 0 Å². The minimum atomic E-state index is -0.226. The monoisotopic (exact) mass is 256 g/mol. The Kier molecular flexibility index (Phi) is 7.92. The molecule has 0 aromatic carbocycles. The number of rotatable bonds is 8. The molecule has 1 fully saturated rings. The van der Waals surface area contributed by atoms with E-state index in [0.29, 0.717) is 5.92 Å². The molecule has 1 rings (SSSR count). The van der Waals surface area contributed by atoms with Crippen molar-refractivity contribution in [2.45, 2.75) is 84.3 Å². The summed E-state index contributed by atoms with van der Waals surface area (Å²) in [5.41, 5.74) is 0. The van der Waals surface area contributed by atoms with Crippen molar-refractivity contribution in [2.75, 3.05) is 6.61 Å². The maximum atomic E-state index is 9.98. The average molecular weight is 256 g/mol. The number of hydrogen-bond donors (Lipinski definition) is 1. The summed E-state index contributed by atoms with van der Waals surface area (Å²) in [6.45, 7) is 7.63. The fraction of sp³-hybridized carbons (Fsp3) is 1.00. The minimum absolute atomic E-state index is 0.0947. The van der Waals surface area contributed by atoms with Gasteiger partial charge in [-0.1, -0.05) is 46.5 Å². The molecule has 2 heteroatoms. The molecule has 108 valence electrons. The van der Waals surface area contributed by atoms with E-state index in [4.69, 9.17) is 4.74 Å². The Bertz CT molecular complexity index is 203. The molecule has 18 heavy (non-hydrogen) atoms. The predicted molar refractivity (Wildman–Crippen MR) is 76.7 cm³/mol. The molecule has 2 nitrogen and oxygen atoms in total. The third-order valence-corrected chi connectivity index (χ3v) is 4.32. The van der Waals surface area contributed by atoms with Crippen molar-refractivity contribution < 1.29 is 9.84 Å². The van der Waals surface area contributed by atoms with Gasteiger partial charge in [-0.15, -0.1) is 0 Å². The first kappa shape index (κ1) is 16.0. The Hall–Kier alpha value is -0.0800. The van der Waals surface area contributed by atoms with Crippen LogP contribution in [0.1, 0.15) is 72.1 Å². The fourth-order valence-corrected chi connectivity index (χ4v) is 2.87. The molecule has 0 aromatic heterocycles. The normalized spacial score (nSPS) is 28.8. The highest BCUT2D eigenvalue weighted by atomic mass is 16.5. The fourth-order valence-electron chi connectivity index (χ4n) is 2.87. The van der Waals surface area contributed by atoms with Gasteiger partial charge in [-0.3, -0.25) is 0 Å². The molecule has 0 radical (unpaired) electrons. The molecule has 0 spiro atoms. The molecule has 0 aliphatic heterocycles. The topological polar surface area (TPSA) is 29.5 Å². The van der Waals surface area contributed by atoms with Crippen molar-refractivity contribution in [3.8, 4) is 0 Å². The lowest BCUT2D eigenvalue weighted by Crippen LogP contribution is -2.37. The quantitative estimate of drug-likeness (QED) is 0.661. The van der Waals surface area contributed by atoms with Gasteiger partial charge in [-0.05, 0) is 37.5 Å². The highest BCUT2D eigenvalue weighted by Crippen LogP contribution is 2.31. The second-order valence-corrected chi connectivity index (χ2v) is 6.21. The number of aliphatic hydroxyl groups excluding tert-OH is 1.